The van der Waals surface area contributed by atoms with E-state index in [1.807, 2.05) is 4.90 Å². The number of piperidine rings is 1. The van der Waals surface area contributed by atoms with E-state index in [1.54, 1.807) is 24.3 Å². The summed E-state index contributed by atoms with van der Waals surface area (Å²) in [6.07, 6.45) is 3.14. The second-order valence-corrected chi connectivity index (χ2v) is 5.00. The molecule has 100 valence electrons. The Kier molecular flexibility index (Phi) is 4.53. The van der Waals surface area contributed by atoms with Crippen LogP contribution in [-0.2, 0) is 0 Å². The fraction of sp³-hybridized carbons (Fsp3) is 0.467. The van der Waals surface area contributed by atoms with Crippen molar-refractivity contribution in [2.75, 3.05) is 19.6 Å². The smallest absolute Gasteiger partial charge is 0.253 e. The first-order valence-corrected chi connectivity index (χ1v) is 6.74. The molecule has 4 nitrogen and oxygen atoms in total. The molecule has 1 fully saturated rings. The maximum absolute atomic E-state index is 12.3. The molecule has 0 aromatic heterocycles. The normalized spacial score (nSPS) is 16.1. The van der Waals surface area contributed by atoms with Gasteiger partial charge in [0.2, 0.25) is 0 Å². The minimum absolute atomic E-state index is 0.0655. The molecule has 1 aliphatic heterocycles. The van der Waals surface area contributed by atoms with Crippen LogP contribution in [0.3, 0.4) is 0 Å². The Morgan fingerprint density at radius 1 is 1.32 bits per heavy atom. The average Bonchev–Trinajstić information content (AvgIpc) is 2.48. The van der Waals surface area contributed by atoms with E-state index < -0.39 is 0 Å². The second kappa shape index (κ2) is 6.35. The number of amides is 1. The molecule has 0 saturated carbocycles. The van der Waals surface area contributed by atoms with Crippen molar-refractivity contribution in [3.05, 3.63) is 35.4 Å². The number of carbonyl (C=O) groups excluding carboxylic acids is 1. The molecule has 1 aromatic rings. The zero-order chi connectivity index (χ0) is 13.7. The lowest BCUT2D eigenvalue weighted by Crippen LogP contribution is -2.38. The molecule has 0 aliphatic carbocycles. The molecule has 2 rings (SSSR count). The van der Waals surface area contributed by atoms with Crippen LogP contribution in [0.2, 0.25) is 0 Å². The van der Waals surface area contributed by atoms with Gasteiger partial charge in [-0.05, 0) is 56.0 Å². The van der Waals surface area contributed by atoms with Crippen molar-refractivity contribution in [3.63, 3.8) is 0 Å². The first kappa shape index (κ1) is 13.6. The van der Waals surface area contributed by atoms with Gasteiger partial charge in [-0.3, -0.25) is 4.79 Å². The van der Waals surface area contributed by atoms with E-state index in [2.05, 4.69) is 6.07 Å². The standard InChI is InChI=1S/C15H19N3O/c16-8-5-12-6-9-18(10-7-12)15(19)14-3-1-13(11-17)2-4-14/h1-4,12H,5-10,16H2. The van der Waals surface area contributed by atoms with Gasteiger partial charge in [0.05, 0.1) is 11.6 Å². The fourth-order valence-electron chi connectivity index (χ4n) is 2.53. The molecule has 4 heteroatoms. The largest absolute Gasteiger partial charge is 0.339 e. The van der Waals surface area contributed by atoms with Gasteiger partial charge in [0.25, 0.3) is 5.91 Å². The molecule has 1 aromatic carbocycles. The highest BCUT2D eigenvalue weighted by Crippen LogP contribution is 2.21. The summed E-state index contributed by atoms with van der Waals surface area (Å²) in [5, 5.41) is 8.74. The van der Waals surface area contributed by atoms with Gasteiger partial charge in [0, 0.05) is 18.7 Å². The van der Waals surface area contributed by atoms with Crippen LogP contribution in [0.5, 0.6) is 0 Å². The van der Waals surface area contributed by atoms with Gasteiger partial charge in [-0.1, -0.05) is 0 Å². The highest BCUT2D eigenvalue weighted by molar-refractivity contribution is 5.94. The number of nitriles is 1. The van der Waals surface area contributed by atoms with Crippen LogP contribution in [-0.4, -0.2) is 30.4 Å². The van der Waals surface area contributed by atoms with E-state index in [0.29, 0.717) is 17.0 Å². The third-order valence-corrected chi connectivity index (χ3v) is 3.74. The first-order chi connectivity index (χ1) is 9.24. The summed E-state index contributed by atoms with van der Waals surface area (Å²) in [6, 6.07) is 8.89. The lowest BCUT2D eigenvalue weighted by Gasteiger charge is -2.32. The molecule has 0 unspecified atom stereocenters. The molecular weight excluding hydrogens is 238 g/mol. The van der Waals surface area contributed by atoms with Crippen LogP contribution in [0.25, 0.3) is 0 Å². The third kappa shape index (κ3) is 3.33. The quantitative estimate of drug-likeness (QED) is 0.897. The number of hydrogen-bond donors (Lipinski definition) is 1. The fourth-order valence-corrected chi connectivity index (χ4v) is 2.53. The van der Waals surface area contributed by atoms with E-state index in [-0.39, 0.29) is 5.91 Å². The Bertz CT molecular complexity index is 467. The van der Waals surface area contributed by atoms with Gasteiger partial charge < -0.3 is 10.6 Å². The van der Waals surface area contributed by atoms with Gasteiger partial charge in [0.1, 0.15) is 0 Å². The zero-order valence-corrected chi connectivity index (χ0v) is 11.0. The molecular formula is C15H19N3O. The van der Waals surface area contributed by atoms with E-state index >= 15 is 0 Å². The van der Waals surface area contributed by atoms with Crippen molar-refractivity contribution in [2.45, 2.75) is 19.3 Å². The number of carbonyl (C=O) groups is 1. The molecule has 1 heterocycles. The molecule has 0 spiro atoms. The predicted molar refractivity (Wildman–Crippen MR) is 73.5 cm³/mol. The van der Waals surface area contributed by atoms with Crippen LogP contribution in [0.15, 0.2) is 24.3 Å². The van der Waals surface area contributed by atoms with Crippen molar-refractivity contribution < 1.29 is 4.79 Å². The van der Waals surface area contributed by atoms with Crippen molar-refractivity contribution >= 4 is 5.91 Å². The van der Waals surface area contributed by atoms with Crippen LogP contribution in [0.1, 0.15) is 35.2 Å². The van der Waals surface area contributed by atoms with Crippen LogP contribution < -0.4 is 5.73 Å². The lowest BCUT2D eigenvalue weighted by molar-refractivity contribution is 0.0688. The molecule has 1 saturated heterocycles. The molecule has 19 heavy (non-hydrogen) atoms. The zero-order valence-electron chi connectivity index (χ0n) is 11.0. The Morgan fingerprint density at radius 2 is 1.95 bits per heavy atom. The van der Waals surface area contributed by atoms with Gasteiger partial charge in [-0.25, -0.2) is 0 Å². The Morgan fingerprint density at radius 3 is 2.47 bits per heavy atom. The molecule has 0 atom stereocenters. The molecule has 2 N–H and O–H groups in total. The van der Waals surface area contributed by atoms with Crippen LogP contribution >= 0.6 is 0 Å². The molecule has 0 radical (unpaired) electrons. The summed E-state index contributed by atoms with van der Waals surface area (Å²) < 4.78 is 0. The minimum atomic E-state index is 0.0655. The third-order valence-electron chi connectivity index (χ3n) is 3.74. The number of benzene rings is 1. The SMILES string of the molecule is N#Cc1ccc(C(=O)N2CCC(CCN)CC2)cc1. The summed E-state index contributed by atoms with van der Waals surface area (Å²) in [5.74, 6) is 0.728. The maximum atomic E-state index is 12.3. The monoisotopic (exact) mass is 257 g/mol. The van der Waals surface area contributed by atoms with E-state index in [0.717, 1.165) is 38.9 Å². The Labute approximate surface area is 113 Å². The van der Waals surface area contributed by atoms with E-state index in [4.69, 9.17) is 11.0 Å². The number of rotatable bonds is 3. The lowest BCUT2D eigenvalue weighted by atomic mass is 9.93. The van der Waals surface area contributed by atoms with Crippen molar-refractivity contribution in [2.24, 2.45) is 11.7 Å². The first-order valence-electron chi connectivity index (χ1n) is 6.74. The summed E-state index contributed by atoms with van der Waals surface area (Å²) >= 11 is 0. The molecule has 1 aliphatic rings. The molecule has 1 amide bonds. The van der Waals surface area contributed by atoms with Crippen molar-refractivity contribution in [1.29, 1.82) is 5.26 Å². The van der Waals surface area contributed by atoms with E-state index in [9.17, 15) is 4.79 Å². The minimum Gasteiger partial charge on any atom is -0.339 e. The number of nitrogens with two attached hydrogens (primary N) is 1. The van der Waals surface area contributed by atoms with E-state index in [1.165, 1.54) is 0 Å². The summed E-state index contributed by atoms with van der Waals surface area (Å²) in [6.45, 7) is 2.35. The van der Waals surface area contributed by atoms with Crippen LogP contribution in [0.4, 0.5) is 0 Å². The second-order valence-electron chi connectivity index (χ2n) is 5.00. The summed E-state index contributed by atoms with van der Waals surface area (Å²) in [4.78, 5) is 14.2. The van der Waals surface area contributed by atoms with Gasteiger partial charge in [-0.2, -0.15) is 5.26 Å². The van der Waals surface area contributed by atoms with Crippen molar-refractivity contribution in [1.82, 2.24) is 4.90 Å². The number of likely N-dealkylation sites (tertiary alicyclic amines) is 1. The highest BCUT2D eigenvalue weighted by Gasteiger charge is 2.22. The van der Waals surface area contributed by atoms with Crippen molar-refractivity contribution in [3.8, 4) is 6.07 Å². The summed E-state index contributed by atoms with van der Waals surface area (Å²) in [5.41, 5.74) is 6.81. The maximum Gasteiger partial charge on any atom is 0.253 e. The topological polar surface area (TPSA) is 70.1 Å². The van der Waals surface area contributed by atoms with Gasteiger partial charge in [-0.15, -0.1) is 0 Å². The number of hydrogen-bond acceptors (Lipinski definition) is 3. The Balaban J connectivity index is 1.95. The predicted octanol–water partition coefficient (Wildman–Crippen LogP) is 1.76. The van der Waals surface area contributed by atoms with Crippen LogP contribution in [0, 0.1) is 17.2 Å². The molecule has 0 bridgehead atoms. The highest BCUT2D eigenvalue weighted by atomic mass is 16.2. The average molecular weight is 257 g/mol. The van der Waals surface area contributed by atoms with Gasteiger partial charge in [0.15, 0.2) is 0 Å². The number of nitrogens with zero attached hydrogens (tertiary/aromatic N) is 2. The Hall–Kier alpha value is -1.86. The van der Waals surface area contributed by atoms with Gasteiger partial charge >= 0.3 is 0 Å². The summed E-state index contributed by atoms with van der Waals surface area (Å²) in [7, 11) is 0.